The van der Waals surface area contributed by atoms with Crippen LogP contribution in [0.5, 0.6) is 0 Å². The van der Waals surface area contributed by atoms with Gasteiger partial charge in [0.15, 0.2) is 0 Å². The predicted molar refractivity (Wildman–Crippen MR) is 58.7 cm³/mol. The fourth-order valence-electron chi connectivity index (χ4n) is 1.17. The molecule has 5 heteroatoms. The maximum absolute atomic E-state index is 5.67. The third-order valence-electron chi connectivity index (χ3n) is 2.03. The summed E-state index contributed by atoms with van der Waals surface area (Å²) in [6, 6.07) is 0. The molecular weight excluding hydrogens is 194 g/mol. The van der Waals surface area contributed by atoms with Gasteiger partial charge >= 0.3 is 0 Å². The number of aromatic nitrogens is 2. The van der Waals surface area contributed by atoms with Crippen LogP contribution in [0.1, 0.15) is 12.6 Å². The van der Waals surface area contributed by atoms with Gasteiger partial charge < -0.3 is 15.2 Å². The van der Waals surface area contributed by atoms with Crippen molar-refractivity contribution in [3.05, 3.63) is 11.9 Å². The predicted octanol–water partition coefficient (Wildman–Crippen LogP) is 0.827. The molecule has 1 heterocycles. The third-order valence-corrected chi connectivity index (χ3v) is 2.03. The summed E-state index contributed by atoms with van der Waals surface area (Å²) in [6.45, 7) is 7.23. The van der Waals surface area contributed by atoms with Gasteiger partial charge in [-0.05, 0) is 13.8 Å². The molecular formula is C10H19N3O2. The van der Waals surface area contributed by atoms with Crippen molar-refractivity contribution in [1.82, 2.24) is 9.78 Å². The number of rotatable bonds is 7. The normalized spacial score (nSPS) is 10.8. The molecule has 86 valence electrons. The van der Waals surface area contributed by atoms with E-state index >= 15 is 0 Å². The molecule has 1 aromatic heterocycles. The number of hydrogen-bond donors (Lipinski definition) is 1. The van der Waals surface area contributed by atoms with Gasteiger partial charge in [0.1, 0.15) is 0 Å². The molecule has 0 amide bonds. The molecule has 15 heavy (non-hydrogen) atoms. The van der Waals surface area contributed by atoms with Crippen molar-refractivity contribution < 1.29 is 9.47 Å². The zero-order valence-electron chi connectivity index (χ0n) is 9.40. The Labute approximate surface area is 90.2 Å². The molecule has 0 aromatic carbocycles. The van der Waals surface area contributed by atoms with Crippen LogP contribution in [-0.4, -0.2) is 36.2 Å². The molecule has 0 radical (unpaired) electrons. The molecule has 0 saturated carbocycles. The van der Waals surface area contributed by atoms with Crippen LogP contribution >= 0.6 is 0 Å². The van der Waals surface area contributed by atoms with E-state index < -0.39 is 0 Å². The number of aryl methyl sites for hydroxylation is 1. The Hall–Kier alpha value is -1.07. The van der Waals surface area contributed by atoms with E-state index in [1.54, 1.807) is 4.68 Å². The summed E-state index contributed by atoms with van der Waals surface area (Å²) < 4.78 is 12.3. The Balaban J connectivity index is 2.10. The van der Waals surface area contributed by atoms with Crippen molar-refractivity contribution >= 4 is 5.69 Å². The Morgan fingerprint density at radius 2 is 2.07 bits per heavy atom. The van der Waals surface area contributed by atoms with Crippen LogP contribution in [0.25, 0.3) is 0 Å². The monoisotopic (exact) mass is 213 g/mol. The van der Waals surface area contributed by atoms with Crippen LogP contribution in [0.3, 0.4) is 0 Å². The Morgan fingerprint density at radius 3 is 2.67 bits per heavy atom. The number of nitrogen functional groups attached to an aromatic ring is 1. The molecule has 0 bridgehead atoms. The largest absolute Gasteiger partial charge is 0.396 e. The van der Waals surface area contributed by atoms with Crippen molar-refractivity contribution in [2.24, 2.45) is 0 Å². The Bertz CT molecular complexity index is 267. The second kappa shape index (κ2) is 6.42. The molecule has 0 unspecified atom stereocenters. The van der Waals surface area contributed by atoms with Crippen LogP contribution in [0.2, 0.25) is 0 Å². The zero-order valence-corrected chi connectivity index (χ0v) is 9.40. The van der Waals surface area contributed by atoms with Gasteiger partial charge in [-0.15, -0.1) is 0 Å². The molecule has 0 aliphatic heterocycles. The van der Waals surface area contributed by atoms with Crippen LogP contribution in [0, 0.1) is 6.92 Å². The molecule has 2 N–H and O–H groups in total. The summed E-state index contributed by atoms with van der Waals surface area (Å²) in [5.41, 5.74) is 7.26. The molecule has 1 rings (SSSR count). The lowest BCUT2D eigenvalue weighted by molar-refractivity contribution is 0.0488. The van der Waals surface area contributed by atoms with Crippen molar-refractivity contribution in [1.29, 1.82) is 0 Å². The fraction of sp³-hybridized carbons (Fsp3) is 0.700. The minimum atomic E-state index is 0.629. The first-order valence-electron chi connectivity index (χ1n) is 5.19. The van der Waals surface area contributed by atoms with Gasteiger partial charge in [0.25, 0.3) is 0 Å². The average Bonchev–Trinajstić information content (AvgIpc) is 2.52. The van der Waals surface area contributed by atoms with Crippen molar-refractivity contribution in [3.63, 3.8) is 0 Å². The summed E-state index contributed by atoms with van der Waals surface area (Å²) in [5.74, 6) is 0. The highest BCUT2D eigenvalue weighted by molar-refractivity contribution is 5.39. The van der Waals surface area contributed by atoms with E-state index in [4.69, 9.17) is 15.2 Å². The Morgan fingerprint density at radius 1 is 1.33 bits per heavy atom. The topological polar surface area (TPSA) is 62.3 Å². The first-order chi connectivity index (χ1) is 7.24. The molecule has 0 saturated heterocycles. The van der Waals surface area contributed by atoms with Crippen LogP contribution in [-0.2, 0) is 16.0 Å². The van der Waals surface area contributed by atoms with E-state index in [-0.39, 0.29) is 0 Å². The highest BCUT2D eigenvalue weighted by atomic mass is 16.5. The van der Waals surface area contributed by atoms with E-state index in [9.17, 15) is 0 Å². The van der Waals surface area contributed by atoms with Crippen molar-refractivity contribution in [2.45, 2.75) is 20.4 Å². The number of hydrogen-bond acceptors (Lipinski definition) is 4. The van der Waals surface area contributed by atoms with Crippen LogP contribution in [0.15, 0.2) is 6.20 Å². The van der Waals surface area contributed by atoms with Gasteiger partial charge in [-0.1, -0.05) is 0 Å². The lowest BCUT2D eigenvalue weighted by Gasteiger charge is -2.04. The third kappa shape index (κ3) is 4.31. The van der Waals surface area contributed by atoms with E-state index in [1.807, 2.05) is 20.0 Å². The first-order valence-corrected chi connectivity index (χ1v) is 5.19. The molecule has 5 nitrogen and oxygen atoms in total. The minimum Gasteiger partial charge on any atom is -0.396 e. The number of nitrogens with zero attached hydrogens (tertiary/aromatic N) is 2. The maximum atomic E-state index is 5.67. The quantitative estimate of drug-likeness (QED) is 0.681. The van der Waals surface area contributed by atoms with E-state index in [2.05, 4.69) is 5.10 Å². The summed E-state index contributed by atoms with van der Waals surface area (Å²) in [6.07, 6.45) is 1.82. The fourth-order valence-corrected chi connectivity index (χ4v) is 1.17. The lowest BCUT2D eigenvalue weighted by atomic mass is 10.4. The SMILES string of the molecule is CCOCCOCCn1cc(N)c(C)n1. The summed E-state index contributed by atoms with van der Waals surface area (Å²) >= 11 is 0. The molecule has 1 aromatic rings. The van der Waals surface area contributed by atoms with E-state index in [1.165, 1.54) is 0 Å². The van der Waals surface area contributed by atoms with Gasteiger partial charge in [0, 0.05) is 12.8 Å². The van der Waals surface area contributed by atoms with Gasteiger partial charge in [-0.3, -0.25) is 4.68 Å². The summed E-state index contributed by atoms with van der Waals surface area (Å²) in [5, 5.41) is 4.22. The highest BCUT2D eigenvalue weighted by Gasteiger charge is 1.99. The van der Waals surface area contributed by atoms with Gasteiger partial charge in [0.05, 0.1) is 37.7 Å². The lowest BCUT2D eigenvalue weighted by Crippen LogP contribution is -2.10. The standard InChI is InChI=1S/C10H19N3O2/c1-3-14-6-7-15-5-4-13-8-10(11)9(2)12-13/h8H,3-7,11H2,1-2H3. The second-order valence-corrected chi connectivity index (χ2v) is 3.24. The molecule has 0 spiro atoms. The van der Waals surface area contributed by atoms with Gasteiger partial charge in [-0.2, -0.15) is 5.10 Å². The van der Waals surface area contributed by atoms with Gasteiger partial charge in [-0.25, -0.2) is 0 Å². The maximum Gasteiger partial charge on any atom is 0.0822 e. The average molecular weight is 213 g/mol. The summed E-state index contributed by atoms with van der Waals surface area (Å²) in [7, 11) is 0. The molecule has 0 aliphatic rings. The summed E-state index contributed by atoms with van der Waals surface area (Å²) in [4.78, 5) is 0. The molecule has 0 atom stereocenters. The van der Waals surface area contributed by atoms with Crippen molar-refractivity contribution in [3.8, 4) is 0 Å². The van der Waals surface area contributed by atoms with E-state index in [0.717, 1.165) is 24.5 Å². The first kappa shape index (κ1) is 12.0. The molecule has 0 aliphatic carbocycles. The van der Waals surface area contributed by atoms with E-state index in [0.29, 0.717) is 19.8 Å². The highest BCUT2D eigenvalue weighted by Crippen LogP contribution is 2.05. The minimum absolute atomic E-state index is 0.629. The van der Waals surface area contributed by atoms with Gasteiger partial charge in [0.2, 0.25) is 0 Å². The van der Waals surface area contributed by atoms with Crippen LogP contribution < -0.4 is 5.73 Å². The molecule has 0 fully saturated rings. The number of nitrogens with two attached hydrogens (primary N) is 1. The smallest absolute Gasteiger partial charge is 0.0822 e. The van der Waals surface area contributed by atoms with Crippen molar-refractivity contribution in [2.75, 3.05) is 32.2 Å². The second-order valence-electron chi connectivity index (χ2n) is 3.24. The van der Waals surface area contributed by atoms with Crippen LogP contribution in [0.4, 0.5) is 5.69 Å². The Kier molecular flexibility index (Phi) is 5.14. The zero-order chi connectivity index (χ0) is 11.1. The number of anilines is 1. The number of ether oxygens (including phenoxy) is 2.